The largest absolute Gasteiger partial charge is 0.342 e. The summed E-state index contributed by atoms with van der Waals surface area (Å²) in [7, 11) is 0. The van der Waals surface area contributed by atoms with Crippen LogP contribution in [0.2, 0.25) is 0 Å². The van der Waals surface area contributed by atoms with E-state index >= 15 is 0 Å². The Labute approximate surface area is 125 Å². The van der Waals surface area contributed by atoms with Crippen molar-refractivity contribution in [3.05, 3.63) is 27.8 Å². The van der Waals surface area contributed by atoms with Crippen LogP contribution in [-0.2, 0) is 12.3 Å². The number of carbonyl (C=O) groups is 1. The monoisotopic (exact) mass is 312 g/mol. The van der Waals surface area contributed by atoms with E-state index < -0.39 is 0 Å². The number of nitrogens with zero attached hydrogens (tertiary/aromatic N) is 3. The molecule has 108 valence electrons. The van der Waals surface area contributed by atoms with E-state index in [1.807, 2.05) is 20.1 Å². The Morgan fingerprint density at radius 1 is 1.50 bits per heavy atom. The molecule has 0 fully saturated rings. The first-order valence-electron chi connectivity index (χ1n) is 6.14. The van der Waals surface area contributed by atoms with Crippen LogP contribution in [0.4, 0.5) is 0 Å². The lowest BCUT2D eigenvalue weighted by Gasteiger charge is -1.99. The van der Waals surface area contributed by atoms with Crippen molar-refractivity contribution in [2.75, 3.05) is 6.26 Å². The van der Waals surface area contributed by atoms with Crippen LogP contribution in [0.25, 0.3) is 0 Å². The summed E-state index contributed by atoms with van der Waals surface area (Å²) in [6.45, 7) is 4.31. The fourth-order valence-electron chi connectivity index (χ4n) is 1.45. The third kappa shape index (κ3) is 3.80. The van der Waals surface area contributed by atoms with Gasteiger partial charge in [0, 0.05) is 11.3 Å². The predicted molar refractivity (Wildman–Crippen MR) is 78.9 cm³/mol. The van der Waals surface area contributed by atoms with Crippen molar-refractivity contribution in [2.24, 2.45) is 0 Å². The van der Waals surface area contributed by atoms with E-state index in [0.29, 0.717) is 29.1 Å². The number of thioether (sulfide) groups is 1. The van der Waals surface area contributed by atoms with Crippen molar-refractivity contribution >= 4 is 29.0 Å². The molecule has 2 aromatic heterocycles. The SMILES string of the molecule is CSCc1noc(CNC(=O)c2csc(C(C)C)n2)n1. The quantitative estimate of drug-likeness (QED) is 0.882. The molecule has 0 aliphatic carbocycles. The highest BCUT2D eigenvalue weighted by Gasteiger charge is 2.13. The second-order valence-corrected chi connectivity index (χ2v) is 6.20. The Morgan fingerprint density at radius 2 is 2.30 bits per heavy atom. The number of amides is 1. The summed E-state index contributed by atoms with van der Waals surface area (Å²) in [6.07, 6.45) is 1.96. The number of thiazole rings is 1. The number of nitrogens with one attached hydrogen (secondary N) is 1. The highest BCUT2D eigenvalue weighted by Crippen LogP contribution is 2.19. The van der Waals surface area contributed by atoms with Gasteiger partial charge < -0.3 is 9.84 Å². The molecule has 20 heavy (non-hydrogen) atoms. The number of carbonyl (C=O) groups excluding carboxylic acids is 1. The number of aromatic nitrogens is 3. The van der Waals surface area contributed by atoms with Gasteiger partial charge in [-0.25, -0.2) is 4.98 Å². The number of hydrogen-bond acceptors (Lipinski definition) is 7. The van der Waals surface area contributed by atoms with Gasteiger partial charge in [0.15, 0.2) is 5.82 Å². The molecule has 0 bridgehead atoms. The molecule has 2 heterocycles. The van der Waals surface area contributed by atoms with Gasteiger partial charge in [-0.2, -0.15) is 16.7 Å². The van der Waals surface area contributed by atoms with E-state index in [1.54, 1.807) is 17.1 Å². The van der Waals surface area contributed by atoms with Gasteiger partial charge in [-0.3, -0.25) is 4.79 Å². The normalized spacial score (nSPS) is 11.0. The molecule has 0 saturated carbocycles. The van der Waals surface area contributed by atoms with E-state index in [1.165, 1.54) is 11.3 Å². The lowest BCUT2D eigenvalue weighted by molar-refractivity contribution is 0.0942. The van der Waals surface area contributed by atoms with E-state index in [0.717, 1.165) is 5.01 Å². The molecule has 0 aromatic carbocycles. The van der Waals surface area contributed by atoms with Crippen LogP contribution in [-0.4, -0.2) is 27.3 Å². The summed E-state index contributed by atoms with van der Waals surface area (Å²) in [5.74, 6) is 1.84. The molecule has 0 aliphatic heterocycles. The third-order valence-electron chi connectivity index (χ3n) is 2.43. The Kier molecular flexibility index (Phi) is 5.13. The predicted octanol–water partition coefficient (Wildman–Crippen LogP) is 2.44. The van der Waals surface area contributed by atoms with E-state index in [-0.39, 0.29) is 12.5 Å². The summed E-state index contributed by atoms with van der Waals surface area (Å²) in [5, 5.41) is 9.25. The fourth-order valence-corrected chi connectivity index (χ4v) is 2.64. The van der Waals surface area contributed by atoms with Gasteiger partial charge in [0.25, 0.3) is 5.91 Å². The van der Waals surface area contributed by atoms with Gasteiger partial charge in [0.1, 0.15) is 5.69 Å². The Bertz CT molecular complexity index is 580. The Morgan fingerprint density at radius 3 is 2.95 bits per heavy atom. The molecule has 0 saturated heterocycles. The average molecular weight is 312 g/mol. The van der Waals surface area contributed by atoms with Crippen LogP contribution in [0, 0.1) is 0 Å². The van der Waals surface area contributed by atoms with E-state index in [4.69, 9.17) is 4.52 Å². The van der Waals surface area contributed by atoms with Gasteiger partial charge in [0.05, 0.1) is 17.3 Å². The highest BCUT2D eigenvalue weighted by molar-refractivity contribution is 7.97. The maximum absolute atomic E-state index is 11.9. The van der Waals surface area contributed by atoms with Crippen LogP contribution in [0.5, 0.6) is 0 Å². The molecule has 2 rings (SSSR count). The molecule has 2 aromatic rings. The zero-order valence-electron chi connectivity index (χ0n) is 11.5. The number of hydrogen-bond donors (Lipinski definition) is 1. The highest BCUT2D eigenvalue weighted by atomic mass is 32.2. The minimum Gasteiger partial charge on any atom is -0.342 e. The first-order valence-corrected chi connectivity index (χ1v) is 8.41. The first-order chi connectivity index (χ1) is 9.60. The molecule has 0 spiro atoms. The maximum atomic E-state index is 11.9. The zero-order chi connectivity index (χ0) is 14.5. The molecule has 0 unspecified atom stereocenters. The number of rotatable bonds is 6. The molecule has 8 heteroatoms. The standard InChI is InChI=1S/C12H16N4O2S2/c1-7(2)12-14-8(5-20-12)11(17)13-4-10-15-9(6-19-3)16-18-10/h5,7H,4,6H2,1-3H3,(H,13,17). The van der Waals surface area contributed by atoms with Crippen molar-refractivity contribution in [1.29, 1.82) is 0 Å². The van der Waals surface area contributed by atoms with E-state index in [9.17, 15) is 4.79 Å². The van der Waals surface area contributed by atoms with Gasteiger partial charge in [-0.05, 0) is 6.26 Å². The minimum absolute atomic E-state index is 0.217. The zero-order valence-corrected chi connectivity index (χ0v) is 13.2. The lowest BCUT2D eigenvalue weighted by atomic mass is 10.2. The maximum Gasteiger partial charge on any atom is 0.271 e. The summed E-state index contributed by atoms with van der Waals surface area (Å²) < 4.78 is 5.04. The molecular formula is C12H16N4O2S2. The first kappa shape index (κ1) is 15.0. The van der Waals surface area contributed by atoms with Crippen molar-refractivity contribution in [2.45, 2.75) is 32.1 Å². The minimum atomic E-state index is -0.224. The van der Waals surface area contributed by atoms with Crippen molar-refractivity contribution in [3.8, 4) is 0 Å². The molecule has 1 amide bonds. The second kappa shape index (κ2) is 6.85. The molecule has 0 radical (unpaired) electrons. The van der Waals surface area contributed by atoms with Crippen LogP contribution in [0.3, 0.4) is 0 Å². The topological polar surface area (TPSA) is 80.9 Å². The Balaban J connectivity index is 1.90. The van der Waals surface area contributed by atoms with Crippen molar-refractivity contribution in [1.82, 2.24) is 20.4 Å². The van der Waals surface area contributed by atoms with Crippen molar-refractivity contribution in [3.63, 3.8) is 0 Å². The van der Waals surface area contributed by atoms with Crippen LogP contribution >= 0.6 is 23.1 Å². The van der Waals surface area contributed by atoms with Gasteiger partial charge in [0.2, 0.25) is 5.89 Å². The molecular weight excluding hydrogens is 296 g/mol. The van der Waals surface area contributed by atoms with Crippen LogP contribution in [0.15, 0.2) is 9.90 Å². The lowest BCUT2D eigenvalue weighted by Crippen LogP contribution is -2.23. The summed E-state index contributed by atoms with van der Waals surface area (Å²) in [6, 6.07) is 0. The second-order valence-electron chi connectivity index (χ2n) is 4.45. The van der Waals surface area contributed by atoms with Gasteiger partial charge in [-0.15, -0.1) is 11.3 Å². The summed E-state index contributed by atoms with van der Waals surface area (Å²) in [4.78, 5) is 20.4. The molecule has 0 atom stereocenters. The Hall–Kier alpha value is -1.41. The van der Waals surface area contributed by atoms with Gasteiger partial charge >= 0.3 is 0 Å². The van der Waals surface area contributed by atoms with Crippen LogP contribution in [0.1, 0.15) is 47.0 Å². The summed E-state index contributed by atoms with van der Waals surface area (Å²) >= 11 is 3.11. The smallest absolute Gasteiger partial charge is 0.271 e. The molecule has 1 N–H and O–H groups in total. The van der Waals surface area contributed by atoms with Crippen molar-refractivity contribution < 1.29 is 9.32 Å². The molecule has 6 nitrogen and oxygen atoms in total. The average Bonchev–Trinajstić information content (AvgIpc) is 3.05. The summed E-state index contributed by atoms with van der Waals surface area (Å²) in [5.41, 5.74) is 0.433. The molecule has 0 aliphatic rings. The van der Waals surface area contributed by atoms with Gasteiger partial charge in [-0.1, -0.05) is 19.0 Å². The van der Waals surface area contributed by atoms with Crippen LogP contribution < -0.4 is 5.32 Å². The fraction of sp³-hybridized carbons (Fsp3) is 0.500. The third-order valence-corrected chi connectivity index (χ3v) is 4.12. The van der Waals surface area contributed by atoms with E-state index in [2.05, 4.69) is 20.4 Å².